The Labute approximate surface area is 449 Å². The van der Waals surface area contributed by atoms with E-state index >= 15 is 0 Å². The molecule has 0 aliphatic heterocycles. The molecular formula is C62H101O11P. The Hall–Kier alpha value is -4.12. The molecule has 0 spiro atoms. The zero-order valence-corrected chi connectivity index (χ0v) is 47.2. The lowest BCUT2D eigenvalue weighted by molar-refractivity contribution is -0.161. The number of unbranched alkanes of at least 4 members (excludes halogenated alkanes) is 14. The minimum atomic E-state index is -4.78. The third-order valence-corrected chi connectivity index (χ3v) is 12.3. The Kier molecular flexibility index (Phi) is 52.1. The van der Waals surface area contributed by atoms with Gasteiger partial charge in [0.25, 0.3) is 0 Å². The van der Waals surface area contributed by atoms with Crippen molar-refractivity contribution >= 4 is 25.7 Å². The van der Waals surface area contributed by atoms with Gasteiger partial charge in [0.15, 0.2) is 6.10 Å². The Bertz CT molecular complexity index is 1700. The molecular weight excluding hydrogens is 952 g/mol. The summed E-state index contributed by atoms with van der Waals surface area (Å²) >= 11 is 0. The predicted octanol–water partition coefficient (Wildman–Crippen LogP) is 16.8. The van der Waals surface area contributed by atoms with E-state index in [1.165, 1.54) is 19.3 Å². The number of allylic oxidation sites excluding steroid dienone is 20. The Morgan fingerprint density at radius 2 is 0.730 bits per heavy atom. The lowest BCUT2D eigenvalue weighted by atomic mass is 10.1. The van der Waals surface area contributed by atoms with Crippen LogP contribution in [0.5, 0.6) is 0 Å². The summed E-state index contributed by atoms with van der Waals surface area (Å²) < 4.78 is 39.4. The number of aliphatic hydroxyl groups excluding tert-OH is 1. The van der Waals surface area contributed by atoms with Crippen molar-refractivity contribution in [3.8, 4) is 0 Å². The highest BCUT2D eigenvalue weighted by Crippen LogP contribution is 2.43. The highest BCUT2D eigenvalue weighted by atomic mass is 31.2. The summed E-state index contributed by atoms with van der Waals surface area (Å²) in [4.78, 5) is 48.5. The maximum Gasteiger partial charge on any atom is 0.472 e. The predicted molar refractivity (Wildman–Crippen MR) is 306 cm³/mol. The minimum absolute atomic E-state index is 0.0482. The molecule has 12 heteroatoms. The summed E-state index contributed by atoms with van der Waals surface area (Å²) in [6, 6.07) is 0. The van der Waals surface area contributed by atoms with Crippen LogP contribution in [0.4, 0.5) is 0 Å². The van der Waals surface area contributed by atoms with E-state index in [4.69, 9.17) is 23.3 Å². The van der Waals surface area contributed by atoms with Crippen LogP contribution in [0, 0.1) is 0 Å². The van der Waals surface area contributed by atoms with Gasteiger partial charge in [-0.3, -0.25) is 23.4 Å². The fourth-order valence-electron chi connectivity index (χ4n) is 7.10. The van der Waals surface area contributed by atoms with Crippen molar-refractivity contribution in [2.75, 3.05) is 26.4 Å². The second-order valence-corrected chi connectivity index (χ2v) is 19.8. The molecule has 0 aromatic rings. The van der Waals surface area contributed by atoms with E-state index in [0.717, 1.165) is 135 Å². The fraction of sp³-hybridized carbons (Fsp3) is 0.629. The number of ether oxygens (including phenoxy) is 3. The molecule has 74 heavy (non-hydrogen) atoms. The first kappa shape index (κ1) is 69.9. The third-order valence-electron chi connectivity index (χ3n) is 11.4. The average molecular weight is 1050 g/mol. The van der Waals surface area contributed by atoms with Gasteiger partial charge in [-0.2, -0.15) is 0 Å². The summed E-state index contributed by atoms with van der Waals surface area (Å²) in [5.41, 5.74) is 0. The molecule has 0 fully saturated rings. The zero-order valence-electron chi connectivity index (χ0n) is 46.3. The molecule has 11 nitrogen and oxygen atoms in total. The Morgan fingerprint density at radius 3 is 1.16 bits per heavy atom. The fourth-order valence-corrected chi connectivity index (χ4v) is 7.88. The molecule has 0 aromatic carbocycles. The first-order chi connectivity index (χ1) is 36.2. The number of phosphoric ester groups is 1. The standard InChI is InChI=1S/C62H101O11P/c1-4-7-10-13-16-19-22-25-27-28-29-30-32-35-38-41-44-47-50-53-62(66)73-59(55-69-60(64)51-48-45-42-39-36-34-31-26-23-20-17-14-11-8-5-2)57-71-74(67,68)70-56-58(54-63)72-61(65)52-49-46-43-40-37-33-24-21-18-15-12-9-6-3/h7,9-10,12,16-21,25-27,29-31,33,37,43,46,58-59,63H,4-6,8,11,13-15,22-24,28,32,34-36,38-42,44-45,47-57H2,1-3H3,(H,67,68)/b10-7-,12-9-,19-16-,20-17-,21-18-,27-25-,30-29-,31-26-,37-33-,46-43-. The molecule has 0 amide bonds. The zero-order chi connectivity index (χ0) is 54.1. The number of aliphatic hydroxyl groups is 1. The molecule has 3 atom stereocenters. The van der Waals surface area contributed by atoms with Gasteiger partial charge in [-0.15, -0.1) is 0 Å². The maximum atomic E-state index is 12.9. The van der Waals surface area contributed by atoms with Crippen LogP contribution < -0.4 is 0 Å². The number of esters is 3. The van der Waals surface area contributed by atoms with Crippen molar-refractivity contribution in [1.29, 1.82) is 0 Å². The second-order valence-electron chi connectivity index (χ2n) is 18.3. The summed E-state index contributed by atoms with van der Waals surface area (Å²) in [5, 5.41) is 9.79. The van der Waals surface area contributed by atoms with Gasteiger partial charge in [0.2, 0.25) is 0 Å². The Balaban J connectivity index is 4.85. The van der Waals surface area contributed by atoms with E-state index in [9.17, 15) is 28.9 Å². The van der Waals surface area contributed by atoms with Crippen LogP contribution >= 0.6 is 7.82 Å². The van der Waals surface area contributed by atoms with Crippen molar-refractivity contribution in [3.63, 3.8) is 0 Å². The lowest BCUT2D eigenvalue weighted by Crippen LogP contribution is -2.30. The van der Waals surface area contributed by atoms with E-state index < -0.39 is 57.8 Å². The van der Waals surface area contributed by atoms with Crippen LogP contribution in [-0.4, -0.2) is 66.5 Å². The summed E-state index contributed by atoms with van der Waals surface area (Å²) in [7, 11) is -4.78. The summed E-state index contributed by atoms with van der Waals surface area (Å²) in [6.45, 7) is 4.26. The molecule has 0 heterocycles. The van der Waals surface area contributed by atoms with Crippen LogP contribution in [0.3, 0.4) is 0 Å². The van der Waals surface area contributed by atoms with E-state index in [1.807, 2.05) is 18.2 Å². The number of carbonyl (C=O) groups is 3. The number of phosphoric acid groups is 1. The number of carbonyl (C=O) groups excluding carboxylic acids is 3. The second kappa shape index (κ2) is 55.1. The molecule has 420 valence electrons. The van der Waals surface area contributed by atoms with E-state index in [-0.39, 0.29) is 25.9 Å². The van der Waals surface area contributed by atoms with Gasteiger partial charge in [0.1, 0.15) is 12.7 Å². The van der Waals surface area contributed by atoms with E-state index in [2.05, 4.69) is 124 Å². The summed E-state index contributed by atoms with van der Waals surface area (Å²) in [5.74, 6) is -1.60. The first-order valence-electron chi connectivity index (χ1n) is 28.4. The minimum Gasteiger partial charge on any atom is -0.462 e. The SMILES string of the molecule is CC/C=C\C/C=C\C/C=C\C/C=C\CCCCCCCCC(=O)OC(COC(=O)CCCCCCC/C=C\C/C=C\CCCCC)COP(=O)(O)OCC(CO)OC(=O)CC/C=C\C/C=C\C/C=C\C/C=C\CC. The quantitative estimate of drug-likeness (QED) is 0.0197. The molecule has 2 N–H and O–H groups in total. The van der Waals surface area contributed by atoms with Gasteiger partial charge in [-0.1, -0.05) is 200 Å². The number of rotatable bonds is 51. The lowest BCUT2D eigenvalue weighted by Gasteiger charge is -2.21. The first-order valence-corrected chi connectivity index (χ1v) is 29.9. The van der Waals surface area contributed by atoms with Gasteiger partial charge >= 0.3 is 25.7 Å². The maximum absolute atomic E-state index is 12.9. The van der Waals surface area contributed by atoms with Crippen molar-refractivity contribution in [2.24, 2.45) is 0 Å². The molecule has 0 bridgehead atoms. The largest absolute Gasteiger partial charge is 0.472 e. The van der Waals surface area contributed by atoms with Crippen LogP contribution in [0.1, 0.15) is 213 Å². The smallest absolute Gasteiger partial charge is 0.462 e. The molecule has 3 unspecified atom stereocenters. The van der Waals surface area contributed by atoms with Crippen molar-refractivity contribution < 1.29 is 52.2 Å². The van der Waals surface area contributed by atoms with Gasteiger partial charge in [0, 0.05) is 19.3 Å². The average Bonchev–Trinajstić information content (AvgIpc) is 3.39. The highest BCUT2D eigenvalue weighted by Gasteiger charge is 2.28. The van der Waals surface area contributed by atoms with Crippen LogP contribution in [0.25, 0.3) is 0 Å². The van der Waals surface area contributed by atoms with E-state index in [0.29, 0.717) is 19.3 Å². The summed E-state index contributed by atoms with van der Waals surface area (Å²) in [6.07, 6.45) is 67.4. The van der Waals surface area contributed by atoms with Crippen molar-refractivity contribution in [3.05, 3.63) is 122 Å². The van der Waals surface area contributed by atoms with Crippen molar-refractivity contribution in [1.82, 2.24) is 0 Å². The molecule has 0 radical (unpaired) electrons. The molecule has 0 saturated carbocycles. The van der Waals surface area contributed by atoms with Gasteiger partial charge in [-0.05, 0) is 116 Å². The molecule has 0 aromatic heterocycles. The third kappa shape index (κ3) is 52.7. The highest BCUT2D eigenvalue weighted by molar-refractivity contribution is 7.47. The van der Waals surface area contributed by atoms with E-state index in [1.54, 1.807) is 0 Å². The van der Waals surface area contributed by atoms with Gasteiger partial charge in [0.05, 0.1) is 19.8 Å². The number of hydrogen-bond donors (Lipinski definition) is 2. The van der Waals surface area contributed by atoms with Crippen LogP contribution in [-0.2, 0) is 42.2 Å². The number of hydrogen-bond acceptors (Lipinski definition) is 10. The van der Waals surface area contributed by atoms with Crippen LogP contribution in [0.2, 0.25) is 0 Å². The molecule has 0 aliphatic rings. The Morgan fingerprint density at radius 1 is 0.392 bits per heavy atom. The normalized spacial score (nSPS) is 14.3. The monoisotopic (exact) mass is 1050 g/mol. The molecule has 0 saturated heterocycles. The van der Waals surface area contributed by atoms with Gasteiger partial charge in [-0.25, -0.2) is 4.57 Å². The molecule has 0 aliphatic carbocycles. The topological polar surface area (TPSA) is 155 Å². The van der Waals surface area contributed by atoms with Crippen LogP contribution in [0.15, 0.2) is 122 Å². The van der Waals surface area contributed by atoms with Gasteiger partial charge < -0.3 is 24.2 Å². The van der Waals surface area contributed by atoms with Crippen molar-refractivity contribution in [2.45, 2.75) is 226 Å². The molecule has 0 rings (SSSR count).